The quantitative estimate of drug-likeness (QED) is 0.267. The van der Waals surface area contributed by atoms with Gasteiger partial charge in [-0.3, -0.25) is 4.79 Å². The summed E-state index contributed by atoms with van der Waals surface area (Å²) in [5.74, 6) is 1.28. The molecule has 5 heteroatoms. The molecule has 0 atom stereocenters. The average molecular weight is 490 g/mol. The number of benzene rings is 1. The summed E-state index contributed by atoms with van der Waals surface area (Å²) < 4.78 is 2.18. The number of amides is 1. The van der Waals surface area contributed by atoms with Crippen LogP contribution >= 0.6 is 0 Å². The third kappa shape index (κ3) is 6.57. The van der Waals surface area contributed by atoms with Gasteiger partial charge in [-0.05, 0) is 92.8 Å². The number of carbonyl (C=O) groups is 1. The predicted octanol–water partition coefficient (Wildman–Crippen LogP) is 7.45. The second-order valence-electron chi connectivity index (χ2n) is 12.1. The number of carbonyl (C=O) groups excluding carboxylic acids is 1. The molecule has 3 rings (SSSR count). The molecule has 36 heavy (non-hydrogen) atoms. The van der Waals surface area contributed by atoms with E-state index < -0.39 is 0 Å². The minimum absolute atomic E-state index is 0.00288. The van der Waals surface area contributed by atoms with Crippen LogP contribution in [-0.2, 0) is 22.0 Å². The summed E-state index contributed by atoms with van der Waals surface area (Å²) in [7, 11) is 0. The second-order valence-corrected chi connectivity index (χ2v) is 12.1. The van der Waals surface area contributed by atoms with Gasteiger partial charge in [0, 0.05) is 40.3 Å². The van der Waals surface area contributed by atoms with E-state index in [0.717, 1.165) is 47.6 Å². The molecule has 194 valence electrons. The van der Waals surface area contributed by atoms with Gasteiger partial charge in [0.1, 0.15) is 11.6 Å². The van der Waals surface area contributed by atoms with Gasteiger partial charge in [0.25, 0.3) is 0 Å². The molecule has 0 aliphatic carbocycles. The normalized spacial score (nSPS) is 12.1. The maximum Gasteiger partial charge on any atom is 0.224 e. The number of anilines is 1. The Labute approximate surface area is 217 Å². The van der Waals surface area contributed by atoms with Gasteiger partial charge in [-0.25, -0.2) is 4.98 Å². The molecule has 0 bridgehead atoms. The predicted molar refractivity (Wildman–Crippen MR) is 149 cm³/mol. The molecular weight excluding hydrogens is 446 g/mol. The number of hydrogen-bond acceptors (Lipinski definition) is 3. The van der Waals surface area contributed by atoms with Crippen molar-refractivity contribution in [1.29, 1.82) is 0 Å². The zero-order valence-electron chi connectivity index (χ0n) is 23.5. The van der Waals surface area contributed by atoms with Crippen molar-refractivity contribution in [3.63, 3.8) is 0 Å². The second kappa shape index (κ2) is 10.5. The van der Waals surface area contributed by atoms with Crippen LogP contribution in [-0.4, -0.2) is 20.6 Å². The number of phenols is 1. The number of nitrogens with one attached hydrogen (secondary N) is 1. The van der Waals surface area contributed by atoms with Crippen LogP contribution in [0.4, 0.5) is 5.69 Å². The van der Waals surface area contributed by atoms with Gasteiger partial charge in [0.15, 0.2) is 0 Å². The van der Waals surface area contributed by atoms with Crippen LogP contribution in [0.25, 0.3) is 5.82 Å². The van der Waals surface area contributed by atoms with Gasteiger partial charge in [0.05, 0.1) is 0 Å². The van der Waals surface area contributed by atoms with E-state index in [-0.39, 0.29) is 16.7 Å². The zero-order chi connectivity index (χ0) is 26.8. The Balaban J connectivity index is 1.64. The molecule has 1 amide bonds. The maximum absolute atomic E-state index is 12.8. The number of phenolic OH excluding ortho intramolecular Hbond substituents is 1. The Morgan fingerprint density at radius 2 is 1.44 bits per heavy atom. The molecule has 1 aromatic carbocycles. The minimum Gasteiger partial charge on any atom is -0.507 e. The van der Waals surface area contributed by atoms with Crippen LogP contribution in [0.3, 0.4) is 0 Å². The number of aryl methyl sites for hydroxylation is 4. The smallest absolute Gasteiger partial charge is 0.224 e. The summed E-state index contributed by atoms with van der Waals surface area (Å²) in [6, 6.07) is 12.3. The van der Waals surface area contributed by atoms with Crippen molar-refractivity contribution in [3.05, 3.63) is 70.2 Å². The van der Waals surface area contributed by atoms with Gasteiger partial charge in [-0.15, -0.1) is 0 Å². The van der Waals surface area contributed by atoms with Gasteiger partial charge in [-0.1, -0.05) is 41.5 Å². The summed E-state index contributed by atoms with van der Waals surface area (Å²) >= 11 is 0. The highest BCUT2D eigenvalue weighted by Crippen LogP contribution is 2.41. The van der Waals surface area contributed by atoms with Crippen LogP contribution in [0.15, 0.2) is 36.4 Å². The molecular formula is C31H43N3O2. The minimum atomic E-state index is -0.234. The fourth-order valence-corrected chi connectivity index (χ4v) is 4.66. The highest BCUT2D eigenvalue weighted by molar-refractivity contribution is 5.91. The number of nitrogens with zero attached hydrogens (tertiary/aromatic N) is 2. The standard InChI is InChI=1S/C31H43N3O2/c1-20-16-23(32-27(17-20)34-21(2)14-15-22(34)3)12-10-11-13-28(35)33-24-18-25(30(4,5)6)29(36)26(19-24)31(7,8)9/h14-19,36H,10-13H2,1-9H3,(H,33,35). The summed E-state index contributed by atoms with van der Waals surface area (Å²) in [5.41, 5.74) is 6.57. The third-order valence-electron chi connectivity index (χ3n) is 6.61. The highest BCUT2D eigenvalue weighted by atomic mass is 16.3. The van der Waals surface area contributed by atoms with E-state index in [9.17, 15) is 9.90 Å². The van der Waals surface area contributed by atoms with Gasteiger partial charge >= 0.3 is 0 Å². The van der Waals surface area contributed by atoms with Crippen LogP contribution in [0.5, 0.6) is 5.75 Å². The van der Waals surface area contributed by atoms with E-state index in [2.05, 4.69) is 96.5 Å². The lowest BCUT2D eigenvalue weighted by Gasteiger charge is -2.28. The first-order chi connectivity index (χ1) is 16.7. The summed E-state index contributed by atoms with van der Waals surface area (Å²) in [6.45, 7) is 18.7. The molecule has 2 N–H and O–H groups in total. The van der Waals surface area contributed by atoms with E-state index in [1.807, 2.05) is 12.1 Å². The fourth-order valence-electron chi connectivity index (χ4n) is 4.66. The van der Waals surface area contributed by atoms with Crippen LogP contribution in [0, 0.1) is 20.8 Å². The SMILES string of the molecule is Cc1cc(CCCCC(=O)Nc2cc(C(C)(C)C)c(O)c(C(C)(C)C)c2)nc(-n2c(C)ccc2C)c1. The Bertz CT molecular complexity index is 1190. The van der Waals surface area contributed by atoms with Crippen molar-refractivity contribution in [2.75, 3.05) is 5.32 Å². The zero-order valence-corrected chi connectivity index (χ0v) is 23.5. The summed E-state index contributed by atoms with van der Waals surface area (Å²) in [4.78, 5) is 17.7. The molecule has 0 aliphatic heterocycles. The summed E-state index contributed by atoms with van der Waals surface area (Å²) in [6.07, 6.45) is 2.96. The maximum atomic E-state index is 12.8. The van der Waals surface area contributed by atoms with Gasteiger partial charge in [-0.2, -0.15) is 0 Å². The molecule has 2 heterocycles. The van der Waals surface area contributed by atoms with E-state index in [1.165, 1.54) is 17.0 Å². The molecule has 0 unspecified atom stereocenters. The fraction of sp³-hybridized carbons (Fsp3) is 0.484. The molecule has 0 aliphatic rings. The van der Waals surface area contributed by atoms with Crippen molar-refractivity contribution < 1.29 is 9.90 Å². The van der Waals surface area contributed by atoms with Crippen molar-refractivity contribution in [3.8, 4) is 11.6 Å². The van der Waals surface area contributed by atoms with Crippen LogP contribution in [0.2, 0.25) is 0 Å². The van der Waals surface area contributed by atoms with Gasteiger partial charge < -0.3 is 15.0 Å². The number of rotatable bonds is 7. The number of pyridine rings is 1. The monoisotopic (exact) mass is 489 g/mol. The van der Waals surface area contributed by atoms with E-state index >= 15 is 0 Å². The lowest BCUT2D eigenvalue weighted by atomic mass is 9.79. The Morgan fingerprint density at radius 1 is 0.889 bits per heavy atom. The Hall–Kier alpha value is -3.08. The molecule has 0 spiro atoms. The molecule has 0 saturated heterocycles. The topological polar surface area (TPSA) is 67.2 Å². The molecule has 2 aromatic heterocycles. The molecule has 5 nitrogen and oxygen atoms in total. The first-order valence-electron chi connectivity index (χ1n) is 13.0. The van der Waals surface area contributed by atoms with Crippen molar-refractivity contribution in [2.45, 2.75) is 98.8 Å². The lowest BCUT2D eigenvalue weighted by molar-refractivity contribution is -0.116. The lowest BCUT2D eigenvalue weighted by Crippen LogP contribution is -2.19. The first-order valence-corrected chi connectivity index (χ1v) is 13.0. The number of aromatic nitrogens is 2. The Kier molecular flexibility index (Phi) is 8.02. The van der Waals surface area contributed by atoms with Crippen molar-refractivity contribution >= 4 is 11.6 Å². The molecule has 0 saturated carbocycles. The number of hydrogen-bond donors (Lipinski definition) is 2. The van der Waals surface area contributed by atoms with Crippen molar-refractivity contribution in [2.24, 2.45) is 0 Å². The third-order valence-corrected chi connectivity index (χ3v) is 6.61. The van der Waals surface area contributed by atoms with Crippen LogP contribution < -0.4 is 5.32 Å². The largest absolute Gasteiger partial charge is 0.507 e. The van der Waals surface area contributed by atoms with E-state index in [0.29, 0.717) is 12.2 Å². The molecule has 0 radical (unpaired) electrons. The number of unbranched alkanes of at least 4 members (excludes halogenated alkanes) is 1. The number of aromatic hydroxyl groups is 1. The van der Waals surface area contributed by atoms with E-state index in [4.69, 9.17) is 4.98 Å². The highest BCUT2D eigenvalue weighted by Gasteiger charge is 2.26. The van der Waals surface area contributed by atoms with Crippen molar-refractivity contribution in [1.82, 2.24) is 9.55 Å². The van der Waals surface area contributed by atoms with Gasteiger partial charge in [0.2, 0.25) is 5.91 Å². The Morgan fingerprint density at radius 3 is 1.97 bits per heavy atom. The molecule has 0 fully saturated rings. The van der Waals surface area contributed by atoms with E-state index in [1.54, 1.807) is 0 Å². The summed E-state index contributed by atoms with van der Waals surface area (Å²) in [5, 5.41) is 14.0. The average Bonchev–Trinajstić information content (AvgIpc) is 3.08. The molecule has 3 aromatic rings. The van der Waals surface area contributed by atoms with Crippen LogP contribution in [0.1, 0.15) is 94.6 Å². The first kappa shape index (κ1) is 27.5.